The number of fused-ring (bicyclic) bond motifs is 7. The van der Waals surface area contributed by atoms with E-state index < -0.39 is 0 Å². The molecule has 284 valence electrons. The van der Waals surface area contributed by atoms with Gasteiger partial charge in [0.15, 0.2) is 0 Å². The van der Waals surface area contributed by atoms with E-state index >= 15 is 0 Å². The number of benzene rings is 9. The Kier molecular flexibility index (Phi) is 8.17. The normalized spacial score (nSPS) is 11.6. The molecule has 0 atom stereocenters. The van der Waals surface area contributed by atoms with Gasteiger partial charge >= 0.3 is 0 Å². The van der Waals surface area contributed by atoms with Crippen LogP contribution in [0, 0.1) is 0 Å². The van der Waals surface area contributed by atoms with Gasteiger partial charge in [0.05, 0.1) is 22.8 Å². The van der Waals surface area contributed by atoms with Crippen molar-refractivity contribution >= 4 is 48.7 Å². The number of hydrogen-bond acceptors (Lipinski definition) is 2. The molecule has 3 heterocycles. The maximum atomic E-state index is 5.52. The molecule has 61 heavy (non-hydrogen) atoms. The molecule has 0 unspecified atom stereocenters. The minimum Gasteiger partial charge on any atom is -0.299 e. The summed E-state index contributed by atoms with van der Waals surface area (Å²) in [5, 5.41) is 9.80. The molecule has 3 aromatic heterocycles. The van der Waals surface area contributed by atoms with Gasteiger partial charge in [-0.05, 0) is 102 Å². The summed E-state index contributed by atoms with van der Waals surface area (Å²) in [5.74, 6) is 0. The summed E-state index contributed by atoms with van der Waals surface area (Å²) in [6, 6.07) is 78.4. The van der Waals surface area contributed by atoms with E-state index in [2.05, 4.69) is 223 Å². The summed E-state index contributed by atoms with van der Waals surface area (Å²) in [5.41, 5.74) is 13.8. The molecule has 0 aliphatic heterocycles. The molecule has 0 bridgehead atoms. The Hall–Kier alpha value is -8.14. The molecule has 9 aromatic carbocycles. The van der Waals surface area contributed by atoms with Gasteiger partial charge in [0.2, 0.25) is 0 Å². The van der Waals surface area contributed by atoms with Gasteiger partial charge in [-0.1, -0.05) is 182 Å². The predicted molar refractivity (Wildman–Crippen MR) is 256 cm³/mol. The summed E-state index contributed by atoms with van der Waals surface area (Å²) in [4.78, 5) is 10.7. The number of pyridine rings is 2. The van der Waals surface area contributed by atoms with Crippen LogP contribution in [0.5, 0.6) is 0 Å². The largest absolute Gasteiger partial charge is 0.299 e. The van der Waals surface area contributed by atoms with Crippen LogP contribution in [0.2, 0.25) is 0 Å². The summed E-state index contributed by atoms with van der Waals surface area (Å²) in [7, 11) is 0. The lowest BCUT2D eigenvalue weighted by Crippen LogP contribution is -1.94. The number of hydrogen-bond donors (Lipinski definition) is 0. The van der Waals surface area contributed by atoms with Gasteiger partial charge in [0.25, 0.3) is 0 Å². The Labute approximate surface area is 353 Å². The topological polar surface area (TPSA) is 30.2 Å². The Bertz CT molecular complexity index is 3480. The fourth-order valence-corrected chi connectivity index (χ4v) is 9.25. The van der Waals surface area contributed by atoms with Gasteiger partial charge in [0, 0.05) is 28.5 Å². The van der Waals surface area contributed by atoms with E-state index in [0.717, 1.165) is 56.2 Å². The zero-order chi connectivity index (χ0) is 40.3. The molecule has 0 spiro atoms. The van der Waals surface area contributed by atoms with Crippen molar-refractivity contribution in [3.63, 3.8) is 0 Å². The molecular formula is C58H37N3. The molecule has 12 aromatic rings. The van der Waals surface area contributed by atoms with Gasteiger partial charge in [-0.3, -0.25) is 4.40 Å². The van der Waals surface area contributed by atoms with Crippen LogP contribution in [0.3, 0.4) is 0 Å². The molecule has 0 saturated carbocycles. The molecule has 0 amide bonds. The summed E-state index contributed by atoms with van der Waals surface area (Å²) >= 11 is 0. The van der Waals surface area contributed by atoms with E-state index in [4.69, 9.17) is 9.97 Å². The minimum absolute atomic E-state index is 0.910. The maximum absolute atomic E-state index is 5.52. The van der Waals surface area contributed by atoms with Crippen LogP contribution >= 0.6 is 0 Å². The van der Waals surface area contributed by atoms with Gasteiger partial charge in [-0.25, -0.2) is 9.97 Å². The smallest absolute Gasteiger partial charge is 0.137 e. The average molecular weight is 776 g/mol. The Morgan fingerprint density at radius 1 is 0.295 bits per heavy atom. The van der Waals surface area contributed by atoms with Crippen molar-refractivity contribution in [3.05, 3.63) is 225 Å². The molecular weight excluding hydrogens is 739 g/mol. The van der Waals surface area contributed by atoms with E-state index in [9.17, 15) is 0 Å². The lowest BCUT2D eigenvalue weighted by molar-refractivity contribution is 1.19. The first-order valence-corrected chi connectivity index (χ1v) is 20.8. The van der Waals surface area contributed by atoms with Crippen LogP contribution in [0.4, 0.5) is 0 Å². The highest BCUT2D eigenvalue weighted by atomic mass is 15.0. The predicted octanol–water partition coefficient (Wildman–Crippen LogP) is 15.3. The third-order valence-electron chi connectivity index (χ3n) is 12.2. The van der Waals surface area contributed by atoms with E-state index in [1.807, 2.05) is 6.07 Å². The highest BCUT2D eigenvalue weighted by molar-refractivity contribution is 6.15. The van der Waals surface area contributed by atoms with Crippen molar-refractivity contribution in [3.8, 4) is 67.3 Å². The number of imidazole rings is 1. The maximum Gasteiger partial charge on any atom is 0.137 e. The average Bonchev–Trinajstić information content (AvgIpc) is 3.73. The van der Waals surface area contributed by atoms with Crippen molar-refractivity contribution in [1.82, 2.24) is 14.4 Å². The fraction of sp³-hybridized carbons (Fsp3) is 0. The third-order valence-corrected chi connectivity index (χ3v) is 12.2. The Morgan fingerprint density at radius 3 is 1.48 bits per heavy atom. The van der Waals surface area contributed by atoms with Crippen LogP contribution in [-0.2, 0) is 0 Å². The molecule has 12 rings (SSSR count). The van der Waals surface area contributed by atoms with Crippen LogP contribution in [0.1, 0.15) is 0 Å². The standard InChI is InChI=1S/C58H37N3/c1-2-14-38(15-3-1)39-25-29-41(30-26-39)57-58(61-33-13-12-24-56(61)60-57)42-31-27-40(28-32-42)54-36-45(52-34-43-16-4-6-18-46(43)48-20-8-10-22-50(48)52)37-55(59-54)53-35-44-17-5-7-19-47(44)49-21-9-11-23-51(49)53/h1-37H. The highest BCUT2D eigenvalue weighted by Crippen LogP contribution is 2.41. The zero-order valence-electron chi connectivity index (χ0n) is 33.2. The lowest BCUT2D eigenvalue weighted by atomic mass is 9.90. The highest BCUT2D eigenvalue weighted by Gasteiger charge is 2.19. The second-order valence-corrected chi connectivity index (χ2v) is 15.8. The van der Waals surface area contributed by atoms with Crippen LogP contribution in [0.15, 0.2) is 225 Å². The number of rotatable bonds is 6. The van der Waals surface area contributed by atoms with Crippen molar-refractivity contribution in [2.24, 2.45) is 0 Å². The van der Waals surface area contributed by atoms with Crippen LogP contribution in [0.25, 0.3) is 116 Å². The minimum atomic E-state index is 0.910. The second-order valence-electron chi connectivity index (χ2n) is 15.8. The fourth-order valence-electron chi connectivity index (χ4n) is 9.25. The summed E-state index contributed by atoms with van der Waals surface area (Å²) in [6.45, 7) is 0. The number of aromatic nitrogens is 3. The Balaban J connectivity index is 1.04. The molecule has 3 nitrogen and oxygen atoms in total. The number of nitrogens with zero attached hydrogens (tertiary/aromatic N) is 3. The lowest BCUT2D eigenvalue weighted by Gasteiger charge is -2.16. The first-order chi connectivity index (χ1) is 30.2. The molecule has 0 aliphatic carbocycles. The van der Waals surface area contributed by atoms with Gasteiger partial charge in [0.1, 0.15) is 5.65 Å². The van der Waals surface area contributed by atoms with E-state index in [0.29, 0.717) is 0 Å². The van der Waals surface area contributed by atoms with Gasteiger partial charge < -0.3 is 0 Å². The van der Waals surface area contributed by atoms with Crippen molar-refractivity contribution in [2.45, 2.75) is 0 Å². The van der Waals surface area contributed by atoms with Crippen LogP contribution < -0.4 is 0 Å². The van der Waals surface area contributed by atoms with Crippen LogP contribution in [-0.4, -0.2) is 14.4 Å². The summed E-state index contributed by atoms with van der Waals surface area (Å²) < 4.78 is 2.20. The molecule has 0 N–H and O–H groups in total. The monoisotopic (exact) mass is 775 g/mol. The molecule has 3 heteroatoms. The van der Waals surface area contributed by atoms with E-state index in [1.54, 1.807) is 0 Å². The molecule has 0 radical (unpaired) electrons. The first-order valence-electron chi connectivity index (χ1n) is 20.8. The van der Waals surface area contributed by atoms with E-state index in [-0.39, 0.29) is 0 Å². The molecule has 0 saturated heterocycles. The second kappa shape index (κ2) is 14.3. The zero-order valence-corrected chi connectivity index (χ0v) is 33.2. The van der Waals surface area contributed by atoms with Crippen molar-refractivity contribution in [2.75, 3.05) is 0 Å². The first kappa shape index (κ1) is 34.9. The SMILES string of the molecule is c1ccc(-c2ccc(-c3nc4ccccn4c3-c3ccc(-c4cc(-c5cc6ccccc6c6ccccc56)cc(-c5cc6ccccc6c6ccccc56)n4)cc3)cc2)cc1. The van der Waals surface area contributed by atoms with Gasteiger partial charge in [-0.15, -0.1) is 0 Å². The van der Waals surface area contributed by atoms with Crippen molar-refractivity contribution in [1.29, 1.82) is 0 Å². The Morgan fingerprint density at radius 2 is 0.787 bits per heavy atom. The molecule has 0 aliphatic rings. The van der Waals surface area contributed by atoms with Gasteiger partial charge in [-0.2, -0.15) is 0 Å². The quantitative estimate of drug-likeness (QED) is 0.158. The van der Waals surface area contributed by atoms with Crippen molar-refractivity contribution < 1.29 is 0 Å². The third kappa shape index (κ3) is 5.98. The molecule has 0 fully saturated rings. The van der Waals surface area contributed by atoms with E-state index in [1.165, 1.54) is 59.8 Å². The summed E-state index contributed by atoms with van der Waals surface area (Å²) in [6.07, 6.45) is 2.10.